The number of benzene rings is 1. The summed E-state index contributed by atoms with van der Waals surface area (Å²) in [5.74, 6) is -0.280. The number of hydrogen-bond donors (Lipinski definition) is 1. The van der Waals surface area contributed by atoms with E-state index in [4.69, 9.17) is 9.47 Å². The molecule has 0 aliphatic heterocycles. The van der Waals surface area contributed by atoms with Crippen LogP contribution in [0.5, 0.6) is 0 Å². The largest absolute Gasteiger partial charge is 0.466 e. The van der Waals surface area contributed by atoms with E-state index in [1.165, 1.54) is 10.8 Å². The van der Waals surface area contributed by atoms with Gasteiger partial charge in [-0.25, -0.2) is 4.79 Å². The molecule has 0 aliphatic carbocycles. The molecule has 1 amide bonds. The summed E-state index contributed by atoms with van der Waals surface area (Å²) in [5, 5.41) is 2.26. The molecule has 1 unspecified atom stereocenters. The number of ether oxygens (including phenoxy) is 2. The highest BCUT2D eigenvalue weighted by Crippen LogP contribution is 2.26. The van der Waals surface area contributed by atoms with Crippen LogP contribution in [-0.4, -0.2) is 36.4 Å². The Kier molecular flexibility index (Phi) is 10.8. The van der Waals surface area contributed by atoms with Crippen LogP contribution in [0.2, 0.25) is 0 Å². The highest BCUT2D eigenvalue weighted by Gasteiger charge is 2.23. The first kappa shape index (κ1) is 21.4. The fraction of sp³-hybridized carbons (Fsp3) is 0.471. The molecule has 1 aromatic carbocycles. The summed E-state index contributed by atoms with van der Waals surface area (Å²) in [6, 6.07) is 8.90. The van der Waals surface area contributed by atoms with Crippen molar-refractivity contribution in [2.45, 2.75) is 38.5 Å². The maximum absolute atomic E-state index is 12.0. The average molecular weight is 386 g/mol. The topological polar surface area (TPSA) is 81.7 Å². The van der Waals surface area contributed by atoms with Crippen molar-refractivity contribution < 1.29 is 23.9 Å². The van der Waals surface area contributed by atoms with Gasteiger partial charge in [-0.1, -0.05) is 41.1 Å². The fourth-order valence-corrected chi connectivity index (χ4v) is 3.61. The van der Waals surface area contributed by atoms with Gasteiger partial charge in [-0.15, -0.1) is 0 Å². The minimum atomic E-state index is -0.860. The van der Waals surface area contributed by atoms with Crippen LogP contribution in [0.4, 0.5) is 4.79 Å². The Morgan fingerprint density at radius 2 is 1.76 bits per heavy atom. The Morgan fingerprint density at radius 3 is 2.40 bits per heavy atom. The average Bonchev–Trinajstić information content (AvgIpc) is 2.60. The SMILES string of the molecule is CCOC(=O)CCC(NC(=O)SSCc1ccccc1)C(=O)OCC. The molecule has 0 radical (unpaired) electrons. The van der Waals surface area contributed by atoms with Gasteiger partial charge in [0.2, 0.25) is 0 Å². The Labute approximate surface area is 155 Å². The van der Waals surface area contributed by atoms with E-state index in [-0.39, 0.29) is 31.3 Å². The highest BCUT2D eigenvalue weighted by molar-refractivity contribution is 8.81. The van der Waals surface area contributed by atoms with Gasteiger partial charge in [0, 0.05) is 23.0 Å². The predicted octanol–water partition coefficient (Wildman–Crippen LogP) is 3.55. The van der Waals surface area contributed by atoms with Crippen molar-refractivity contribution in [3.8, 4) is 0 Å². The van der Waals surface area contributed by atoms with Gasteiger partial charge in [-0.2, -0.15) is 0 Å². The van der Waals surface area contributed by atoms with Crippen LogP contribution in [0.25, 0.3) is 0 Å². The minimum absolute atomic E-state index is 0.0411. The van der Waals surface area contributed by atoms with Crippen molar-refractivity contribution in [3.05, 3.63) is 35.9 Å². The maximum Gasteiger partial charge on any atom is 0.328 e. The van der Waals surface area contributed by atoms with Crippen molar-refractivity contribution >= 4 is 38.8 Å². The van der Waals surface area contributed by atoms with Crippen molar-refractivity contribution in [1.82, 2.24) is 5.32 Å². The van der Waals surface area contributed by atoms with E-state index in [1.807, 2.05) is 30.3 Å². The fourth-order valence-electron chi connectivity index (χ4n) is 1.88. The smallest absolute Gasteiger partial charge is 0.328 e. The minimum Gasteiger partial charge on any atom is -0.466 e. The number of carbonyl (C=O) groups excluding carboxylic acids is 3. The Bertz CT molecular complexity index is 553. The van der Waals surface area contributed by atoms with Crippen molar-refractivity contribution in [2.24, 2.45) is 0 Å². The third-order valence-electron chi connectivity index (χ3n) is 3.01. The van der Waals surface area contributed by atoms with Gasteiger partial charge in [0.1, 0.15) is 6.04 Å². The molecule has 1 aromatic rings. The molecular formula is C17H23NO5S2. The second-order valence-corrected chi connectivity index (χ2v) is 7.18. The summed E-state index contributed by atoms with van der Waals surface area (Å²) in [6.45, 7) is 3.89. The molecule has 0 fully saturated rings. The molecule has 0 spiro atoms. The lowest BCUT2D eigenvalue weighted by Gasteiger charge is -2.16. The number of esters is 2. The van der Waals surface area contributed by atoms with Gasteiger partial charge in [-0.05, 0) is 25.8 Å². The quantitative estimate of drug-likeness (QED) is 0.487. The first-order valence-corrected chi connectivity index (χ1v) is 10.3. The van der Waals surface area contributed by atoms with Crippen LogP contribution in [0.3, 0.4) is 0 Å². The normalized spacial score (nSPS) is 11.4. The number of rotatable bonds is 10. The zero-order valence-corrected chi connectivity index (χ0v) is 16.0. The van der Waals surface area contributed by atoms with E-state index in [0.29, 0.717) is 5.75 Å². The lowest BCUT2D eigenvalue weighted by Crippen LogP contribution is -2.40. The van der Waals surface area contributed by atoms with Crippen LogP contribution in [0.1, 0.15) is 32.3 Å². The molecular weight excluding hydrogens is 362 g/mol. The molecule has 0 bridgehead atoms. The van der Waals surface area contributed by atoms with E-state index in [2.05, 4.69) is 5.32 Å². The predicted molar refractivity (Wildman–Crippen MR) is 100 cm³/mol. The van der Waals surface area contributed by atoms with Gasteiger partial charge in [0.25, 0.3) is 5.24 Å². The maximum atomic E-state index is 12.0. The molecule has 0 aliphatic rings. The Morgan fingerprint density at radius 1 is 1.08 bits per heavy atom. The van der Waals surface area contributed by atoms with Crippen LogP contribution in [0, 0.1) is 0 Å². The molecule has 0 heterocycles. The van der Waals surface area contributed by atoms with Gasteiger partial charge in [0.05, 0.1) is 13.2 Å². The second-order valence-electron chi connectivity index (χ2n) is 4.91. The lowest BCUT2D eigenvalue weighted by atomic mass is 10.1. The third-order valence-corrected chi connectivity index (χ3v) is 5.01. The summed E-state index contributed by atoms with van der Waals surface area (Å²) in [5.41, 5.74) is 1.11. The molecule has 138 valence electrons. The van der Waals surface area contributed by atoms with E-state index in [9.17, 15) is 14.4 Å². The standard InChI is InChI=1S/C17H23NO5S2/c1-3-22-15(19)11-10-14(16(20)23-4-2)18-17(21)25-24-12-13-8-6-5-7-9-13/h5-9,14H,3-4,10-12H2,1-2H3,(H,18,21). The molecule has 1 N–H and O–H groups in total. The Hall–Kier alpha value is -1.67. The van der Waals surface area contributed by atoms with E-state index in [1.54, 1.807) is 13.8 Å². The lowest BCUT2D eigenvalue weighted by molar-refractivity contribution is -0.146. The van der Waals surface area contributed by atoms with Crippen LogP contribution in [0.15, 0.2) is 30.3 Å². The van der Waals surface area contributed by atoms with Crippen LogP contribution in [-0.2, 0) is 24.8 Å². The first-order valence-electron chi connectivity index (χ1n) is 8.03. The molecule has 8 heteroatoms. The Balaban J connectivity index is 2.44. The van der Waals surface area contributed by atoms with Gasteiger partial charge in [0.15, 0.2) is 0 Å². The second kappa shape index (κ2) is 12.7. The molecule has 1 atom stereocenters. The van der Waals surface area contributed by atoms with E-state index in [0.717, 1.165) is 16.4 Å². The van der Waals surface area contributed by atoms with Gasteiger partial charge in [-0.3, -0.25) is 9.59 Å². The first-order chi connectivity index (χ1) is 12.1. The van der Waals surface area contributed by atoms with E-state index < -0.39 is 18.0 Å². The summed E-state index contributed by atoms with van der Waals surface area (Å²) < 4.78 is 9.79. The molecule has 0 saturated carbocycles. The highest BCUT2D eigenvalue weighted by atomic mass is 33.1. The number of nitrogens with one attached hydrogen (secondary N) is 1. The van der Waals surface area contributed by atoms with Gasteiger partial charge < -0.3 is 14.8 Å². The van der Waals surface area contributed by atoms with Crippen LogP contribution >= 0.6 is 21.6 Å². The number of hydrogen-bond acceptors (Lipinski definition) is 7. The molecule has 0 aromatic heterocycles. The van der Waals surface area contributed by atoms with Crippen molar-refractivity contribution in [2.75, 3.05) is 13.2 Å². The molecule has 1 rings (SSSR count). The number of amides is 1. The van der Waals surface area contributed by atoms with Crippen molar-refractivity contribution in [3.63, 3.8) is 0 Å². The third kappa shape index (κ3) is 9.40. The zero-order chi connectivity index (χ0) is 18.5. The molecule has 6 nitrogen and oxygen atoms in total. The monoisotopic (exact) mass is 385 g/mol. The summed E-state index contributed by atoms with van der Waals surface area (Å²) >= 11 is 0. The van der Waals surface area contributed by atoms with E-state index >= 15 is 0 Å². The van der Waals surface area contributed by atoms with Crippen molar-refractivity contribution in [1.29, 1.82) is 0 Å². The molecule has 25 heavy (non-hydrogen) atoms. The number of carbonyl (C=O) groups is 3. The summed E-state index contributed by atoms with van der Waals surface area (Å²) in [6.07, 6.45) is 0.187. The zero-order valence-electron chi connectivity index (χ0n) is 14.4. The van der Waals surface area contributed by atoms with Gasteiger partial charge >= 0.3 is 11.9 Å². The molecule has 0 saturated heterocycles. The summed E-state index contributed by atoms with van der Waals surface area (Å²) in [4.78, 5) is 35.4. The summed E-state index contributed by atoms with van der Waals surface area (Å²) in [7, 11) is 2.40. The van der Waals surface area contributed by atoms with Crippen LogP contribution < -0.4 is 5.32 Å².